The van der Waals surface area contributed by atoms with Crippen LogP contribution in [0.3, 0.4) is 0 Å². The highest BCUT2D eigenvalue weighted by Crippen LogP contribution is 2.44. The first-order valence-electron chi connectivity index (χ1n) is 7.33. The van der Waals surface area contributed by atoms with Crippen molar-refractivity contribution in [1.29, 1.82) is 0 Å². The van der Waals surface area contributed by atoms with Gasteiger partial charge >= 0.3 is 5.97 Å². The van der Waals surface area contributed by atoms with Crippen molar-refractivity contribution in [2.24, 2.45) is 0 Å². The van der Waals surface area contributed by atoms with Crippen LogP contribution in [0, 0.1) is 0 Å². The molecule has 1 saturated heterocycles. The number of anilines is 1. The first-order chi connectivity index (χ1) is 9.60. The van der Waals surface area contributed by atoms with Crippen LogP contribution in [0.1, 0.15) is 48.0 Å². The summed E-state index contributed by atoms with van der Waals surface area (Å²) in [5.74, 6) is -0.434. The first kappa shape index (κ1) is 13.8. The van der Waals surface area contributed by atoms with Crippen LogP contribution in [0.15, 0.2) is 0 Å². The van der Waals surface area contributed by atoms with E-state index in [1.165, 1.54) is 11.3 Å². The topological polar surface area (TPSA) is 56.7 Å². The highest BCUT2D eigenvalue weighted by molar-refractivity contribution is 7.17. The Labute approximate surface area is 123 Å². The molecule has 20 heavy (non-hydrogen) atoms. The predicted octanol–water partition coefficient (Wildman–Crippen LogP) is 2.25. The van der Waals surface area contributed by atoms with Gasteiger partial charge in [-0.3, -0.25) is 4.90 Å². The van der Waals surface area contributed by atoms with Gasteiger partial charge in [-0.25, -0.2) is 9.78 Å². The molecule has 2 heterocycles. The van der Waals surface area contributed by atoms with E-state index >= 15 is 0 Å². The number of aromatic nitrogens is 1. The molecule has 6 heteroatoms. The number of hydrogen-bond acceptors (Lipinski definition) is 5. The van der Waals surface area contributed by atoms with Crippen LogP contribution in [0.25, 0.3) is 0 Å². The van der Waals surface area contributed by atoms with Crippen LogP contribution in [0.2, 0.25) is 0 Å². The lowest BCUT2D eigenvalue weighted by atomic mass is 10.2. The summed E-state index contributed by atoms with van der Waals surface area (Å²) < 4.78 is 0. The smallest absolute Gasteiger partial charge is 0.347 e. The Morgan fingerprint density at radius 2 is 2.20 bits per heavy atom. The molecule has 1 N–H and O–H groups in total. The summed E-state index contributed by atoms with van der Waals surface area (Å²) in [4.78, 5) is 21.2. The Kier molecular flexibility index (Phi) is 3.69. The molecule has 1 aromatic rings. The fourth-order valence-corrected chi connectivity index (χ4v) is 3.91. The molecular weight excluding hydrogens is 274 g/mol. The van der Waals surface area contributed by atoms with Gasteiger partial charge in [-0.2, -0.15) is 0 Å². The maximum atomic E-state index is 11.4. The highest BCUT2D eigenvalue weighted by atomic mass is 32.1. The van der Waals surface area contributed by atoms with Gasteiger partial charge in [0.25, 0.3) is 0 Å². The molecule has 0 spiro atoms. The van der Waals surface area contributed by atoms with Crippen molar-refractivity contribution in [2.45, 2.75) is 38.6 Å². The monoisotopic (exact) mass is 295 g/mol. The second kappa shape index (κ2) is 5.33. The standard InChI is InChI=1S/C14H21N3O2S/c1-3-16-6-7-17(8-9(16)2)14-15-11(10-4-5-10)12(20-14)13(18)19/h9-10H,3-8H2,1-2H3,(H,18,19). The Morgan fingerprint density at radius 3 is 2.75 bits per heavy atom. The number of thiazole rings is 1. The molecular formula is C14H21N3O2S. The van der Waals surface area contributed by atoms with Crippen molar-refractivity contribution in [1.82, 2.24) is 9.88 Å². The van der Waals surface area contributed by atoms with Crippen molar-refractivity contribution in [3.05, 3.63) is 10.6 Å². The number of carbonyl (C=O) groups is 1. The van der Waals surface area contributed by atoms with Gasteiger partial charge in [0.2, 0.25) is 0 Å². The molecule has 2 aliphatic rings. The molecule has 0 radical (unpaired) electrons. The molecule has 0 bridgehead atoms. The molecule has 1 aliphatic heterocycles. The van der Waals surface area contributed by atoms with Gasteiger partial charge in [0.1, 0.15) is 4.88 Å². The minimum absolute atomic E-state index is 0.389. The third-order valence-electron chi connectivity index (χ3n) is 4.24. The number of carboxylic acid groups (broad SMARTS) is 1. The number of rotatable bonds is 4. The molecule has 110 valence electrons. The van der Waals surface area contributed by atoms with Gasteiger partial charge in [-0.1, -0.05) is 18.3 Å². The third kappa shape index (κ3) is 2.54. The highest BCUT2D eigenvalue weighted by Gasteiger charge is 2.34. The zero-order valence-corrected chi connectivity index (χ0v) is 12.8. The van der Waals surface area contributed by atoms with Gasteiger partial charge < -0.3 is 10.0 Å². The van der Waals surface area contributed by atoms with Gasteiger partial charge in [0.15, 0.2) is 5.13 Å². The van der Waals surface area contributed by atoms with Crippen LogP contribution in [0.4, 0.5) is 5.13 Å². The lowest BCUT2D eigenvalue weighted by molar-refractivity contribution is 0.0700. The molecule has 1 unspecified atom stereocenters. The summed E-state index contributed by atoms with van der Waals surface area (Å²) in [6.45, 7) is 8.38. The van der Waals surface area contributed by atoms with Gasteiger partial charge in [0, 0.05) is 31.6 Å². The first-order valence-corrected chi connectivity index (χ1v) is 8.14. The Balaban J connectivity index is 1.80. The second-order valence-corrected chi connectivity index (χ2v) is 6.69. The van der Waals surface area contributed by atoms with E-state index in [0.717, 1.165) is 49.8 Å². The number of piperazine rings is 1. The molecule has 1 atom stereocenters. The van der Waals surface area contributed by atoms with E-state index in [1.807, 2.05) is 0 Å². The van der Waals surface area contributed by atoms with Crippen LogP contribution < -0.4 is 4.90 Å². The Hall–Kier alpha value is -1.14. The number of aromatic carboxylic acids is 1. The fourth-order valence-electron chi connectivity index (χ4n) is 2.88. The lowest BCUT2D eigenvalue weighted by Gasteiger charge is -2.39. The zero-order chi connectivity index (χ0) is 14.3. The predicted molar refractivity (Wildman–Crippen MR) is 80.0 cm³/mol. The van der Waals surface area contributed by atoms with Gasteiger partial charge in [-0.15, -0.1) is 0 Å². The van der Waals surface area contributed by atoms with Gasteiger partial charge in [0.05, 0.1) is 5.69 Å². The van der Waals surface area contributed by atoms with E-state index in [9.17, 15) is 9.90 Å². The van der Waals surface area contributed by atoms with Crippen molar-refractivity contribution in [3.8, 4) is 0 Å². The number of likely N-dealkylation sites (N-methyl/N-ethyl adjacent to an activating group) is 1. The quantitative estimate of drug-likeness (QED) is 0.923. The molecule has 1 aromatic heterocycles. The maximum Gasteiger partial charge on any atom is 0.347 e. The van der Waals surface area contributed by atoms with Crippen LogP contribution in [-0.4, -0.2) is 53.2 Å². The number of carboxylic acids is 1. The fraction of sp³-hybridized carbons (Fsp3) is 0.714. The molecule has 0 aromatic carbocycles. The molecule has 5 nitrogen and oxygen atoms in total. The van der Waals surface area contributed by atoms with E-state index in [-0.39, 0.29) is 0 Å². The summed E-state index contributed by atoms with van der Waals surface area (Å²) in [5.41, 5.74) is 0.822. The molecule has 3 rings (SSSR count). The largest absolute Gasteiger partial charge is 0.477 e. The summed E-state index contributed by atoms with van der Waals surface area (Å²) in [7, 11) is 0. The van der Waals surface area contributed by atoms with Crippen molar-refractivity contribution < 1.29 is 9.90 Å². The minimum atomic E-state index is -0.823. The SMILES string of the molecule is CCN1CCN(c2nc(C3CC3)c(C(=O)O)s2)CC1C. The van der Waals surface area contributed by atoms with E-state index in [4.69, 9.17) is 0 Å². The van der Waals surface area contributed by atoms with E-state index < -0.39 is 5.97 Å². The van der Waals surface area contributed by atoms with Crippen molar-refractivity contribution in [2.75, 3.05) is 31.1 Å². The lowest BCUT2D eigenvalue weighted by Crippen LogP contribution is -2.51. The van der Waals surface area contributed by atoms with E-state index in [2.05, 4.69) is 28.6 Å². The molecule has 2 fully saturated rings. The summed E-state index contributed by atoms with van der Waals surface area (Å²) >= 11 is 1.35. The molecule has 1 saturated carbocycles. The van der Waals surface area contributed by atoms with Crippen molar-refractivity contribution >= 4 is 22.4 Å². The number of hydrogen-bond donors (Lipinski definition) is 1. The Bertz CT molecular complexity index is 513. The average Bonchev–Trinajstić information content (AvgIpc) is 3.17. The Morgan fingerprint density at radius 1 is 1.45 bits per heavy atom. The summed E-state index contributed by atoms with van der Waals surface area (Å²) in [6, 6.07) is 0.496. The summed E-state index contributed by atoms with van der Waals surface area (Å²) in [6.07, 6.45) is 2.17. The van der Waals surface area contributed by atoms with Crippen LogP contribution in [0.5, 0.6) is 0 Å². The molecule has 0 amide bonds. The maximum absolute atomic E-state index is 11.4. The zero-order valence-electron chi connectivity index (χ0n) is 12.0. The molecule has 1 aliphatic carbocycles. The van der Waals surface area contributed by atoms with E-state index in [1.54, 1.807) is 0 Å². The normalized spacial score (nSPS) is 24.1. The van der Waals surface area contributed by atoms with E-state index in [0.29, 0.717) is 16.8 Å². The third-order valence-corrected chi connectivity index (χ3v) is 5.36. The van der Waals surface area contributed by atoms with Crippen LogP contribution in [-0.2, 0) is 0 Å². The van der Waals surface area contributed by atoms with Crippen molar-refractivity contribution in [3.63, 3.8) is 0 Å². The minimum Gasteiger partial charge on any atom is -0.477 e. The second-order valence-electron chi connectivity index (χ2n) is 5.71. The average molecular weight is 295 g/mol. The van der Waals surface area contributed by atoms with Crippen LogP contribution >= 0.6 is 11.3 Å². The van der Waals surface area contributed by atoms with Gasteiger partial charge in [-0.05, 0) is 26.3 Å². The number of nitrogens with zero attached hydrogens (tertiary/aromatic N) is 3. The summed E-state index contributed by atoms with van der Waals surface area (Å²) in [5, 5.41) is 10.2.